The first-order chi connectivity index (χ1) is 7.65. The van der Waals surface area contributed by atoms with Gasteiger partial charge in [-0.1, -0.05) is 37.3 Å². The van der Waals surface area contributed by atoms with E-state index in [0.29, 0.717) is 18.0 Å². The third kappa shape index (κ3) is 4.18. The fraction of sp³-hybridized carbons (Fsp3) is 0.571. The summed E-state index contributed by atoms with van der Waals surface area (Å²) in [6.07, 6.45) is 2.16. The van der Waals surface area contributed by atoms with E-state index in [9.17, 15) is 0 Å². The summed E-state index contributed by atoms with van der Waals surface area (Å²) in [5, 5.41) is 3.66. The van der Waals surface area contributed by atoms with Gasteiger partial charge in [0, 0.05) is 17.8 Å². The molecule has 0 heterocycles. The zero-order valence-electron chi connectivity index (χ0n) is 10.7. The Hall–Kier alpha value is -0.470. The van der Waals surface area contributed by atoms with Gasteiger partial charge in [0.25, 0.3) is 0 Å². The van der Waals surface area contributed by atoms with Gasteiger partial charge in [-0.2, -0.15) is 11.8 Å². The van der Waals surface area contributed by atoms with Crippen LogP contribution in [0.1, 0.15) is 32.3 Å². The molecular weight excluding hydrogens is 214 g/mol. The Bertz CT molecular complexity index is 286. The lowest BCUT2D eigenvalue weighted by molar-refractivity contribution is 0.443. The van der Waals surface area contributed by atoms with Gasteiger partial charge >= 0.3 is 0 Å². The lowest BCUT2D eigenvalue weighted by Crippen LogP contribution is -2.39. The van der Waals surface area contributed by atoms with Crippen molar-refractivity contribution in [3.05, 3.63) is 35.9 Å². The van der Waals surface area contributed by atoms with E-state index in [2.05, 4.69) is 62.7 Å². The van der Waals surface area contributed by atoms with Crippen molar-refractivity contribution in [1.82, 2.24) is 5.32 Å². The number of rotatable bonds is 6. The number of hydrogen-bond donors (Lipinski definition) is 1. The molecule has 0 spiro atoms. The Kier molecular flexibility index (Phi) is 5.93. The fourth-order valence-electron chi connectivity index (χ4n) is 1.94. The van der Waals surface area contributed by atoms with Crippen molar-refractivity contribution >= 4 is 11.8 Å². The minimum Gasteiger partial charge on any atom is -0.310 e. The molecule has 0 bridgehead atoms. The maximum atomic E-state index is 3.66. The van der Waals surface area contributed by atoms with E-state index in [4.69, 9.17) is 0 Å². The van der Waals surface area contributed by atoms with Gasteiger partial charge in [0.15, 0.2) is 0 Å². The molecule has 0 aliphatic carbocycles. The van der Waals surface area contributed by atoms with Crippen LogP contribution in [0.2, 0.25) is 0 Å². The summed E-state index contributed by atoms with van der Waals surface area (Å²) < 4.78 is 0. The molecule has 3 unspecified atom stereocenters. The second-order valence-electron chi connectivity index (χ2n) is 4.51. The Morgan fingerprint density at radius 3 is 2.31 bits per heavy atom. The topological polar surface area (TPSA) is 12.0 Å². The predicted octanol–water partition coefficient (Wildman–Crippen LogP) is 3.52. The van der Waals surface area contributed by atoms with Crippen LogP contribution < -0.4 is 5.32 Å². The monoisotopic (exact) mass is 237 g/mol. The molecule has 1 N–H and O–H groups in total. The van der Waals surface area contributed by atoms with E-state index >= 15 is 0 Å². The summed E-state index contributed by atoms with van der Waals surface area (Å²) in [4.78, 5) is 0. The lowest BCUT2D eigenvalue weighted by Gasteiger charge is -2.25. The summed E-state index contributed by atoms with van der Waals surface area (Å²) >= 11 is 1.90. The highest BCUT2D eigenvalue weighted by molar-refractivity contribution is 7.98. The average molecular weight is 237 g/mol. The van der Waals surface area contributed by atoms with Crippen LogP contribution in [0.5, 0.6) is 0 Å². The largest absolute Gasteiger partial charge is 0.310 e. The lowest BCUT2D eigenvalue weighted by atomic mass is 9.94. The first kappa shape index (κ1) is 13.6. The van der Waals surface area contributed by atoms with Gasteiger partial charge < -0.3 is 5.32 Å². The molecular formula is C14H23NS. The van der Waals surface area contributed by atoms with E-state index in [1.165, 1.54) is 11.3 Å². The molecule has 0 saturated heterocycles. The Labute approximate surface area is 104 Å². The van der Waals surface area contributed by atoms with Crippen LogP contribution in [0.4, 0.5) is 0 Å². The van der Waals surface area contributed by atoms with Crippen molar-refractivity contribution in [2.75, 3.05) is 12.0 Å². The van der Waals surface area contributed by atoms with Crippen LogP contribution in [0.25, 0.3) is 0 Å². The number of nitrogens with one attached hydrogen (secondary N) is 1. The number of thioether (sulfide) groups is 1. The van der Waals surface area contributed by atoms with Gasteiger partial charge in [-0.3, -0.25) is 0 Å². The summed E-state index contributed by atoms with van der Waals surface area (Å²) in [7, 11) is 0. The third-order valence-corrected chi connectivity index (χ3v) is 3.87. The Balaban J connectivity index is 2.51. The second-order valence-corrected chi connectivity index (χ2v) is 5.42. The van der Waals surface area contributed by atoms with Crippen LogP contribution in [0.3, 0.4) is 0 Å². The fourth-order valence-corrected chi connectivity index (χ4v) is 2.53. The van der Waals surface area contributed by atoms with E-state index in [1.807, 2.05) is 11.8 Å². The van der Waals surface area contributed by atoms with Crippen molar-refractivity contribution in [3.63, 3.8) is 0 Å². The molecule has 1 aromatic carbocycles. The van der Waals surface area contributed by atoms with E-state index in [1.54, 1.807) is 0 Å². The summed E-state index contributed by atoms with van der Waals surface area (Å²) in [5.41, 5.74) is 1.42. The van der Waals surface area contributed by atoms with Gasteiger partial charge in [0.05, 0.1) is 0 Å². The van der Waals surface area contributed by atoms with E-state index in [0.717, 1.165) is 0 Å². The van der Waals surface area contributed by atoms with Gasteiger partial charge in [0.2, 0.25) is 0 Å². The highest BCUT2D eigenvalue weighted by Gasteiger charge is 2.15. The summed E-state index contributed by atoms with van der Waals surface area (Å²) in [5.74, 6) is 1.73. The highest BCUT2D eigenvalue weighted by Crippen LogP contribution is 2.19. The zero-order valence-corrected chi connectivity index (χ0v) is 11.6. The van der Waals surface area contributed by atoms with Crippen LogP contribution >= 0.6 is 11.8 Å². The molecule has 1 nitrogen and oxygen atoms in total. The van der Waals surface area contributed by atoms with Crippen molar-refractivity contribution in [1.29, 1.82) is 0 Å². The maximum Gasteiger partial charge on any atom is 0.0132 e. The quantitative estimate of drug-likeness (QED) is 0.812. The molecule has 0 radical (unpaired) electrons. The molecule has 90 valence electrons. The van der Waals surface area contributed by atoms with Gasteiger partial charge in [-0.15, -0.1) is 0 Å². The minimum atomic E-state index is 0.518. The molecule has 3 atom stereocenters. The van der Waals surface area contributed by atoms with Gasteiger partial charge in [-0.25, -0.2) is 0 Å². The number of benzene rings is 1. The molecule has 0 amide bonds. The molecule has 0 aliphatic heterocycles. The van der Waals surface area contributed by atoms with Crippen LogP contribution in [-0.4, -0.2) is 24.1 Å². The summed E-state index contributed by atoms with van der Waals surface area (Å²) in [6.45, 7) is 6.82. The molecule has 0 saturated carbocycles. The molecule has 2 heteroatoms. The molecule has 0 aromatic heterocycles. The standard InChI is InChI=1S/C14H23NS/c1-11(10-16-4)15-13(3)12(2)14-8-6-5-7-9-14/h5-9,11-13,15H,10H2,1-4H3. The van der Waals surface area contributed by atoms with E-state index < -0.39 is 0 Å². The predicted molar refractivity (Wildman–Crippen MR) is 75.3 cm³/mol. The Morgan fingerprint density at radius 1 is 1.12 bits per heavy atom. The Morgan fingerprint density at radius 2 is 1.75 bits per heavy atom. The molecule has 1 aromatic rings. The zero-order chi connectivity index (χ0) is 12.0. The third-order valence-electron chi connectivity index (χ3n) is 3.04. The normalized spacial score (nSPS) is 16.8. The minimum absolute atomic E-state index is 0.518. The smallest absolute Gasteiger partial charge is 0.0132 e. The van der Waals surface area contributed by atoms with Crippen LogP contribution in [0.15, 0.2) is 30.3 Å². The van der Waals surface area contributed by atoms with Crippen LogP contribution in [0, 0.1) is 0 Å². The first-order valence-corrected chi connectivity index (χ1v) is 7.34. The van der Waals surface area contributed by atoms with Crippen LogP contribution in [-0.2, 0) is 0 Å². The molecule has 0 fully saturated rings. The number of hydrogen-bond acceptors (Lipinski definition) is 2. The molecule has 1 rings (SSSR count). The maximum absolute atomic E-state index is 3.66. The summed E-state index contributed by atoms with van der Waals surface area (Å²) in [6, 6.07) is 11.8. The van der Waals surface area contributed by atoms with Gasteiger partial charge in [0.1, 0.15) is 0 Å². The average Bonchev–Trinajstić information content (AvgIpc) is 2.29. The van der Waals surface area contributed by atoms with Crippen molar-refractivity contribution in [3.8, 4) is 0 Å². The second kappa shape index (κ2) is 6.97. The SMILES string of the molecule is CSCC(C)NC(C)C(C)c1ccccc1. The van der Waals surface area contributed by atoms with Gasteiger partial charge in [-0.05, 0) is 31.6 Å². The molecule has 0 aliphatic rings. The highest BCUT2D eigenvalue weighted by atomic mass is 32.2. The first-order valence-electron chi connectivity index (χ1n) is 5.95. The molecule has 16 heavy (non-hydrogen) atoms. The van der Waals surface area contributed by atoms with Crippen molar-refractivity contribution < 1.29 is 0 Å². The van der Waals surface area contributed by atoms with E-state index in [-0.39, 0.29) is 0 Å². The van der Waals surface area contributed by atoms with Crippen molar-refractivity contribution in [2.24, 2.45) is 0 Å². The van der Waals surface area contributed by atoms with Crippen molar-refractivity contribution in [2.45, 2.75) is 38.8 Å².